The Morgan fingerprint density at radius 1 is 0.425 bits per heavy atom. The van der Waals surface area contributed by atoms with Crippen molar-refractivity contribution in [3.8, 4) is 0 Å². The number of hydrogen-bond donors (Lipinski definition) is 6. The van der Waals surface area contributed by atoms with Gasteiger partial charge >= 0.3 is 5.97 Å². The van der Waals surface area contributed by atoms with E-state index < -0.39 is 49.5 Å². The summed E-state index contributed by atoms with van der Waals surface area (Å²) in [5, 5.41) is 54.4. The smallest absolute Gasteiger partial charge is 0.305 e. The maximum atomic E-state index is 13.0. The number of esters is 1. The summed E-state index contributed by atoms with van der Waals surface area (Å²) in [6.07, 6.45) is 75.6. The molecule has 7 unspecified atom stereocenters. The van der Waals surface area contributed by atoms with Gasteiger partial charge in [0.15, 0.2) is 6.29 Å². The number of unbranched alkanes of at least 4 members (excludes halogenated alkanes) is 46. The van der Waals surface area contributed by atoms with Crippen molar-refractivity contribution >= 4 is 11.9 Å². The van der Waals surface area contributed by atoms with Crippen LogP contribution in [-0.4, -0.2) is 100 Å². The summed E-state index contributed by atoms with van der Waals surface area (Å²) in [6.45, 7) is 4.34. The number of rotatable bonds is 66. The van der Waals surface area contributed by atoms with Crippen molar-refractivity contribution in [2.24, 2.45) is 0 Å². The summed E-state index contributed by atoms with van der Waals surface area (Å²) >= 11 is 0. The van der Waals surface area contributed by atoms with Crippen molar-refractivity contribution in [1.82, 2.24) is 5.32 Å². The number of aliphatic hydroxyl groups is 5. The van der Waals surface area contributed by atoms with Gasteiger partial charge in [-0.2, -0.15) is 0 Å². The Balaban J connectivity index is 1.91. The van der Waals surface area contributed by atoms with Gasteiger partial charge in [0, 0.05) is 12.8 Å². The number of amides is 1. The van der Waals surface area contributed by atoms with Gasteiger partial charge in [-0.15, -0.1) is 0 Å². The molecule has 11 nitrogen and oxygen atoms in total. The number of carbonyl (C=O) groups is 2. The lowest BCUT2D eigenvalue weighted by molar-refractivity contribution is -0.302. The first-order valence-electron chi connectivity index (χ1n) is 37.4. The predicted molar refractivity (Wildman–Crippen MR) is 366 cm³/mol. The van der Waals surface area contributed by atoms with Gasteiger partial charge in [-0.05, 0) is 89.9 Å². The van der Waals surface area contributed by atoms with Crippen LogP contribution in [0.3, 0.4) is 0 Å². The molecule has 0 aromatic carbocycles. The highest BCUT2D eigenvalue weighted by atomic mass is 16.7. The number of ether oxygens (including phenoxy) is 3. The van der Waals surface area contributed by atoms with E-state index in [1.54, 1.807) is 6.08 Å². The molecule has 0 bridgehead atoms. The zero-order chi connectivity index (χ0) is 63.0. The summed E-state index contributed by atoms with van der Waals surface area (Å²) in [5.74, 6) is -0.178. The minimum absolute atomic E-state index is 0.00164. The largest absolute Gasteiger partial charge is 0.466 e. The topological polar surface area (TPSA) is 175 Å². The number of nitrogens with one attached hydrogen (secondary N) is 1. The van der Waals surface area contributed by atoms with Gasteiger partial charge in [0.2, 0.25) is 5.91 Å². The zero-order valence-corrected chi connectivity index (χ0v) is 56.7. The fourth-order valence-electron chi connectivity index (χ4n) is 11.8. The number of carbonyl (C=O) groups excluding carboxylic acids is 2. The maximum Gasteiger partial charge on any atom is 0.305 e. The van der Waals surface area contributed by atoms with Gasteiger partial charge in [-0.25, -0.2) is 0 Å². The third-order valence-electron chi connectivity index (χ3n) is 17.7. The monoisotopic (exact) mass is 1230 g/mol. The number of hydrogen-bond acceptors (Lipinski definition) is 10. The first-order chi connectivity index (χ1) is 42.7. The van der Waals surface area contributed by atoms with Crippen LogP contribution in [-0.2, 0) is 23.8 Å². The Morgan fingerprint density at radius 3 is 1.17 bits per heavy atom. The lowest BCUT2D eigenvalue weighted by Crippen LogP contribution is -2.60. The molecule has 0 aromatic rings. The molecule has 6 N–H and O–H groups in total. The van der Waals surface area contributed by atoms with Gasteiger partial charge in [-0.3, -0.25) is 9.59 Å². The molecule has 0 aliphatic carbocycles. The molecule has 1 aliphatic rings. The highest BCUT2D eigenvalue weighted by Gasteiger charge is 2.44. The van der Waals surface area contributed by atoms with Crippen molar-refractivity contribution in [2.45, 2.75) is 403 Å². The maximum absolute atomic E-state index is 13.0. The van der Waals surface area contributed by atoms with Gasteiger partial charge in [0.25, 0.3) is 0 Å². The Hall–Kier alpha value is -2.38. The molecule has 1 aliphatic heterocycles. The third kappa shape index (κ3) is 53.9. The molecular formula is C76H141NO10. The fourth-order valence-corrected chi connectivity index (χ4v) is 11.8. The van der Waals surface area contributed by atoms with E-state index in [1.807, 2.05) is 6.08 Å². The highest BCUT2D eigenvalue weighted by molar-refractivity contribution is 5.76. The summed E-state index contributed by atoms with van der Waals surface area (Å²) in [4.78, 5) is 25.1. The van der Waals surface area contributed by atoms with Gasteiger partial charge in [0.1, 0.15) is 24.4 Å². The predicted octanol–water partition coefficient (Wildman–Crippen LogP) is 19.5. The van der Waals surface area contributed by atoms with E-state index in [0.717, 1.165) is 64.2 Å². The van der Waals surface area contributed by atoms with Crippen LogP contribution in [0.2, 0.25) is 0 Å². The van der Waals surface area contributed by atoms with E-state index in [-0.39, 0.29) is 18.5 Å². The van der Waals surface area contributed by atoms with Gasteiger partial charge in [-0.1, -0.05) is 306 Å². The van der Waals surface area contributed by atoms with Crippen LogP contribution in [0.4, 0.5) is 0 Å². The average Bonchev–Trinajstić information content (AvgIpc) is 3.18. The molecule has 87 heavy (non-hydrogen) atoms. The fraction of sp³-hybridized carbons (Fsp3) is 0.868. The van der Waals surface area contributed by atoms with E-state index in [9.17, 15) is 35.1 Å². The standard InChI is InChI=1S/C76H141NO10/c1-3-5-7-9-11-13-15-16-41-44-48-52-56-60-64-72(81)85-65-61-57-53-49-45-42-39-37-35-33-31-29-27-25-23-21-19-17-18-20-22-24-26-28-30-32-34-36-38-40-43-47-51-55-59-63-71(80)77-68(67-86-76-75(84)74(83)73(82)70(66-78)87-76)69(79)62-58-54-50-46-14-12-10-8-6-4-2/h15-16,19,21,25,27,58,62,68-70,73-76,78-79,82-84H,3-14,17-18,20,22-24,26,28-57,59-61,63-67H2,1-2H3,(H,77,80)/b16-15-,21-19-,27-25-,62-58+. The van der Waals surface area contributed by atoms with E-state index in [0.29, 0.717) is 19.4 Å². The molecule has 510 valence electrons. The Kier molecular flexibility index (Phi) is 61.9. The summed E-state index contributed by atoms with van der Waals surface area (Å²) in [6, 6.07) is -0.808. The minimum Gasteiger partial charge on any atom is -0.466 e. The Morgan fingerprint density at radius 2 is 0.770 bits per heavy atom. The second kappa shape index (κ2) is 65.1. The summed E-state index contributed by atoms with van der Waals surface area (Å²) in [5.41, 5.74) is 0. The quantitative estimate of drug-likeness (QED) is 0.0195. The van der Waals surface area contributed by atoms with Crippen LogP contribution < -0.4 is 5.32 Å². The molecule has 0 radical (unpaired) electrons. The Bertz CT molecular complexity index is 1580. The highest BCUT2D eigenvalue weighted by Crippen LogP contribution is 2.23. The average molecular weight is 1230 g/mol. The van der Waals surface area contributed by atoms with Crippen LogP contribution in [0.15, 0.2) is 48.6 Å². The SMILES string of the molecule is CCCCCCC/C=C\CCCCCCCC(=O)OCCCCCCCCCCCCC/C=C\C/C=C\CCCCCCCCCCCCCCCCCCCC(=O)NC(COC1OC(CO)C(O)C(O)C1O)C(O)/C=C/CCCCCCCCCC. The van der Waals surface area contributed by atoms with Crippen molar-refractivity contribution in [1.29, 1.82) is 0 Å². The van der Waals surface area contributed by atoms with Crippen LogP contribution in [0, 0.1) is 0 Å². The van der Waals surface area contributed by atoms with Crippen LogP contribution in [0.25, 0.3) is 0 Å². The first-order valence-corrected chi connectivity index (χ1v) is 37.4. The lowest BCUT2D eigenvalue weighted by Gasteiger charge is -2.40. The zero-order valence-electron chi connectivity index (χ0n) is 56.7. The second-order valence-electron chi connectivity index (χ2n) is 26.0. The van der Waals surface area contributed by atoms with E-state index >= 15 is 0 Å². The van der Waals surface area contributed by atoms with Crippen molar-refractivity contribution in [2.75, 3.05) is 19.8 Å². The number of allylic oxidation sites excluding steroid dienone is 7. The Labute approximate surface area is 536 Å². The van der Waals surface area contributed by atoms with Gasteiger partial charge in [0.05, 0.1) is 32.0 Å². The summed E-state index contributed by atoms with van der Waals surface area (Å²) in [7, 11) is 0. The molecular weight excluding hydrogens is 1090 g/mol. The molecule has 7 atom stereocenters. The molecule has 0 saturated carbocycles. The lowest BCUT2D eigenvalue weighted by atomic mass is 9.99. The minimum atomic E-state index is -1.57. The van der Waals surface area contributed by atoms with E-state index in [4.69, 9.17) is 14.2 Å². The van der Waals surface area contributed by atoms with Gasteiger partial charge < -0.3 is 45.1 Å². The molecule has 0 spiro atoms. The summed E-state index contributed by atoms with van der Waals surface area (Å²) < 4.78 is 16.7. The first kappa shape index (κ1) is 82.6. The molecule has 1 amide bonds. The second-order valence-corrected chi connectivity index (χ2v) is 26.0. The van der Waals surface area contributed by atoms with Crippen LogP contribution >= 0.6 is 0 Å². The molecule has 1 saturated heterocycles. The van der Waals surface area contributed by atoms with Crippen LogP contribution in [0.1, 0.15) is 361 Å². The molecule has 1 rings (SSSR count). The molecule has 1 heterocycles. The van der Waals surface area contributed by atoms with Crippen molar-refractivity contribution < 1.29 is 49.3 Å². The van der Waals surface area contributed by atoms with Crippen LogP contribution in [0.5, 0.6) is 0 Å². The van der Waals surface area contributed by atoms with E-state index in [1.165, 1.54) is 270 Å². The third-order valence-corrected chi connectivity index (χ3v) is 17.7. The molecule has 1 fully saturated rings. The van der Waals surface area contributed by atoms with Crippen molar-refractivity contribution in [3.05, 3.63) is 48.6 Å². The van der Waals surface area contributed by atoms with Crippen molar-refractivity contribution in [3.63, 3.8) is 0 Å². The number of aliphatic hydroxyl groups excluding tert-OH is 5. The molecule has 0 aromatic heterocycles. The normalized spacial score (nSPS) is 18.1. The van der Waals surface area contributed by atoms with E-state index in [2.05, 4.69) is 55.6 Å². The molecule has 11 heteroatoms.